The lowest BCUT2D eigenvalue weighted by Gasteiger charge is -2.32. The van der Waals surface area contributed by atoms with Crippen LogP contribution in [0.15, 0.2) is 40.9 Å². The predicted octanol–water partition coefficient (Wildman–Crippen LogP) is 3.86. The standard InChI is InChI=1S/C21H27BrN2O3/c1-25-18-8-6-16(22)14-17(18)21(24-11-4-9-23-10-12-24)15-5-7-19(26-2)20(13-15)27-3/h5-8,13-14,21,23H,4,9-12H2,1-3H3. The Hall–Kier alpha value is -1.76. The first-order valence-electron chi connectivity index (χ1n) is 9.18. The smallest absolute Gasteiger partial charge is 0.161 e. The number of nitrogens with zero attached hydrogens (tertiary/aromatic N) is 1. The molecule has 3 rings (SSSR count). The van der Waals surface area contributed by atoms with Gasteiger partial charge in [-0.1, -0.05) is 22.0 Å². The number of ether oxygens (including phenoxy) is 3. The Morgan fingerprint density at radius 1 is 0.889 bits per heavy atom. The molecule has 0 bridgehead atoms. The van der Waals surface area contributed by atoms with Gasteiger partial charge in [0.05, 0.1) is 27.4 Å². The minimum atomic E-state index is 0.0668. The van der Waals surface area contributed by atoms with E-state index in [2.05, 4.69) is 44.3 Å². The zero-order chi connectivity index (χ0) is 19.2. The minimum Gasteiger partial charge on any atom is -0.496 e. The summed E-state index contributed by atoms with van der Waals surface area (Å²) in [5.74, 6) is 2.36. The van der Waals surface area contributed by atoms with Crippen LogP contribution in [0.4, 0.5) is 0 Å². The summed E-state index contributed by atoms with van der Waals surface area (Å²) in [5, 5.41) is 3.49. The van der Waals surface area contributed by atoms with Crippen LogP contribution >= 0.6 is 15.9 Å². The second kappa shape index (κ2) is 9.44. The Kier molecular flexibility index (Phi) is 6.99. The maximum absolute atomic E-state index is 5.71. The molecule has 6 heteroatoms. The molecule has 5 nitrogen and oxygen atoms in total. The third-order valence-corrected chi connectivity index (χ3v) is 5.44. The molecule has 1 atom stereocenters. The fraction of sp³-hybridized carbons (Fsp3) is 0.429. The molecule has 0 aromatic heterocycles. The van der Waals surface area contributed by atoms with Gasteiger partial charge in [-0.05, 0) is 48.9 Å². The molecule has 1 unspecified atom stereocenters. The van der Waals surface area contributed by atoms with Gasteiger partial charge in [0.1, 0.15) is 5.75 Å². The van der Waals surface area contributed by atoms with Crippen molar-refractivity contribution in [3.8, 4) is 17.2 Å². The minimum absolute atomic E-state index is 0.0668. The summed E-state index contributed by atoms with van der Waals surface area (Å²) in [6, 6.07) is 12.4. The summed E-state index contributed by atoms with van der Waals surface area (Å²) in [7, 11) is 5.06. The summed E-state index contributed by atoms with van der Waals surface area (Å²) in [5.41, 5.74) is 2.30. The number of hydrogen-bond acceptors (Lipinski definition) is 5. The lowest BCUT2D eigenvalue weighted by Crippen LogP contribution is -2.33. The summed E-state index contributed by atoms with van der Waals surface area (Å²) < 4.78 is 17.7. The maximum atomic E-state index is 5.71. The van der Waals surface area contributed by atoms with Gasteiger partial charge in [0.2, 0.25) is 0 Å². The van der Waals surface area contributed by atoms with Crippen LogP contribution < -0.4 is 19.5 Å². The number of rotatable bonds is 6. The van der Waals surface area contributed by atoms with Crippen LogP contribution in [0.2, 0.25) is 0 Å². The Bertz CT molecular complexity index is 761. The molecule has 27 heavy (non-hydrogen) atoms. The van der Waals surface area contributed by atoms with Crippen LogP contribution in [0, 0.1) is 0 Å². The van der Waals surface area contributed by atoms with E-state index < -0.39 is 0 Å². The van der Waals surface area contributed by atoms with Crippen LogP contribution in [-0.4, -0.2) is 52.4 Å². The van der Waals surface area contributed by atoms with Gasteiger partial charge in [-0.15, -0.1) is 0 Å². The lowest BCUT2D eigenvalue weighted by atomic mass is 9.95. The molecule has 1 aliphatic rings. The Morgan fingerprint density at radius 3 is 2.37 bits per heavy atom. The second-order valence-electron chi connectivity index (χ2n) is 6.54. The number of benzene rings is 2. The molecule has 146 valence electrons. The maximum Gasteiger partial charge on any atom is 0.161 e. The van der Waals surface area contributed by atoms with Gasteiger partial charge in [-0.3, -0.25) is 4.90 Å². The molecule has 0 aliphatic carbocycles. The van der Waals surface area contributed by atoms with E-state index >= 15 is 0 Å². The fourth-order valence-electron chi connectivity index (χ4n) is 3.65. The zero-order valence-electron chi connectivity index (χ0n) is 16.1. The average molecular weight is 435 g/mol. The summed E-state index contributed by atoms with van der Waals surface area (Å²) >= 11 is 3.63. The first-order chi connectivity index (χ1) is 13.2. The van der Waals surface area contributed by atoms with Gasteiger partial charge in [-0.2, -0.15) is 0 Å². The Balaban J connectivity index is 2.12. The van der Waals surface area contributed by atoms with Crippen molar-refractivity contribution in [2.75, 3.05) is 47.5 Å². The number of halogens is 1. The van der Waals surface area contributed by atoms with Crippen LogP contribution in [0.3, 0.4) is 0 Å². The summed E-state index contributed by atoms with van der Waals surface area (Å²) in [6.07, 6.45) is 1.11. The monoisotopic (exact) mass is 434 g/mol. The van der Waals surface area contributed by atoms with Gasteiger partial charge >= 0.3 is 0 Å². The van der Waals surface area contributed by atoms with Gasteiger partial charge < -0.3 is 19.5 Å². The molecule has 0 spiro atoms. The van der Waals surface area contributed by atoms with Crippen molar-refractivity contribution < 1.29 is 14.2 Å². The highest BCUT2D eigenvalue weighted by atomic mass is 79.9. The fourth-order valence-corrected chi connectivity index (χ4v) is 4.03. The van der Waals surface area contributed by atoms with E-state index in [9.17, 15) is 0 Å². The zero-order valence-corrected chi connectivity index (χ0v) is 17.7. The Morgan fingerprint density at radius 2 is 1.63 bits per heavy atom. The third-order valence-electron chi connectivity index (χ3n) is 4.95. The van der Waals surface area contributed by atoms with Gasteiger partial charge in [0.25, 0.3) is 0 Å². The third kappa shape index (κ3) is 4.57. The highest BCUT2D eigenvalue weighted by Gasteiger charge is 2.27. The van der Waals surface area contributed by atoms with Gasteiger partial charge in [0.15, 0.2) is 11.5 Å². The van der Waals surface area contributed by atoms with E-state index in [1.807, 2.05) is 18.2 Å². The summed E-state index contributed by atoms with van der Waals surface area (Å²) in [6.45, 7) is 4.00. The van der Waals surface area contributed by atoms with Crippen LogP contribution in [0.5, 0.6) is 17.2 Å². The molecule has 2 aromatic rings. The van der Waals surface area contributed by atoms with E-state index in [0.29, 0.717) is 0 Å². The molecular formula is C21H27BrN2O3. The molecular weight excluding hydrogens is 408 g/mol. The normalized spacial score (nSPS) is 16.4. The lowest BCUT2D eigenvalue weighted by molar-refractivity contribution is 0.235. The van der Waals surface area contributed by atoms with Crippen molar-refractivity contribution in [1.29, 1.82) is 0 Å². The summed E-state index contributed by atoms with van der Waals surface area (Å²) in [4.78, 5) is 2.51. The quantitative estimate of drug-likeness (QED) is 0.747. The van der Waals surface area contributed by atoms with Crippen LogP contribution in [0.1, 0.15) is 23.6 Å². The number of methoxy groups -OCH3 is 3. The molecule has 1 heterocycles. The molecule has 1 saturated heterocycles. The van der Waals surface area contributed by atoms with Gasteiger partial charge in [0, 0.05) is 29.7 Å². The average Bonchev–Trinajstić information content (AvgIpc) is 2.97. The topological polar surface area (TPSA) is 43.0 Å². The molecule has 0 radical (unpaired) electrons. The van der Waals surface area contributed by atoms with E-state index in [1.165, 1.54) is 0 Å². The molecule has 1 fully saturated rings. The second-order valence-corrected chi connectivity index (χ2v) is 7.46. The number of nitrogens with one attached hydrogen (secondary N) is 1. The van der Waals surface area contributed by atoms with E-state index in [1.54, 1.807) is 21.3 Å². The van der Waals surface area contributed by atoms with Crippen LogP contribution in [0.25, 0.3) is 0 Å². The molecule has 0 saturated carbocycles. The first kappa shape index (κ1) is 20.0. The van der Waals surface area contributed by atoms with Crippen molar-refractivity contribution in [1.82, 2.24) is 10.2 Å². The predicted molar refractivity (Wildman–Crippen MR) is 111 cm³/mol. The van der Waals surface area contributed by atoms with Crippen molar-refractivity contribution in [2.24, 2.45) is 0 Å². The van der Waals surface area contributed by atoms with Crippen LogP contribution in [-0.2, 0) is 0 Å². The molecule has 0 amide bonds. The van der Waals surface area contributed by atoms with Crippen molar-refractivity contribution in [2.45, 2.75) is 12.5 Å². The largest absolute Gasteiger partial charge is 0.496 e. The number of hydrogen-bond donors (Lipinski definition) is 1. The Labute approximate surface area is 169 Å². The van der Waals surface area contributed by atoms with Gasteiger partial charge in [-0.25, -0.2) is 0 Å². The molecule has 1 aliphatic heterocycles. The highest BCUT2D eigenvalue weighted by molar-refractivity contribution is 9.10. The van der Waals surface area contributed by atoms with E-state index in [0.717, 1.165) is 65.4 Å². The molecule has 2 aromatic carbocycles. The van der Waals surface area contributed by atoms with Crippen molar-refractivity contribution in [3.63, 3.8) is 0 Å². The first-order valence-corrected chi connectivity index (χ1v) is 9.97. The highest BCUT2D eigenvalue weighted by Crippen LogP contribution is 2.39. The SMILES string of the molecule is COc1ccc(C(c2cc(Br)ccc2OC)N2CCCNCC2)cc1OC. The van der Waals surface area contributed by atoms with E-state index in [-0.39, 0.29) is 6.04 Å². The van der Waals surface area contributed by atoms with Crippen molar-refractivity contribution in [3.05, 3.63) is 52.0 Å². The van der Waals surface area contributed by atoms with E-state index in [4.69, 9.17) is 14.2 Å². The van der Waals surface area contributed by atoms with Crippen molar-refractivity contribution >= 4 is 15.9 Å². The molecule has 1 N–H and O–H groups in total.